The molecule has 0 spiro atoms. The van der Waals surface area contributed by atoms with Crippen molar-refractivity contribution in [2.24, 2.45) is 0 Å². The number of nitrogen functional groups attached to an aromatic ring is 2. The first-order chi connectivity index (χ1) is 15.9. The first kappa shape index (κ1) is 24.6. The van der Waals surface area contributed by atoms with Gasteiger partial charge in [-0.25, -0.2) is 0 Å². The molecule has 0 saturated carbocycles. The maximum absolute atomic E-state index is 9.53. The number of nitrogens with two attached hydrogens (primary N) is 2. The Morgan fingerprint density at radius 2 is 1.06 bits per heavy atom. The smallest absolute Gasteiger partial charge is 0.138 e. The molecule has 6 N–H and O–H groups in total. The molecule has 7 heteroatoms. The van der Waals surface area contributed by atoms with E-state index in [4.69, 9.17) is 20.9 Å². The summed E-state index contributed by atoms with van der Waals surface area (Å²) in [6.07, 6.45) is 0.876. The fourth-order valence-corrected chi connectivity index (χ4v) is 3.49. The maximum atomic E-state index is 9.53. The molecule has 0 radical (unpaired) electrons. The minimum Gasteiger partial charge on any atom is -0.506 e. The van der Waals surface area contributed by atoms with Crippen molar-refractivity contribution >= 4 is 23.8 Å². The second-order valence-corrected chi connectivity index (χ2v) is 7.96. The summed E-state index contributed by atoms with van der Waals surface area (Å²) in [5.41, 5.74) is 14.4. The first-order valence-electron chi connectivity index (χ1n) is 10.6. The lowest BCUT2D eigenvalue weighted by molar-refractivity contribution is 0.466. The maximum Gasteiger partial charge on any atom is 0.138 e. The molecule has 0 saturated heterocycles. The van der Waals surface area contributed by atoms with E-state index in [1.165, 1.54) is 23.3 Å². The van der Waals surface area contributed by atoms with E-state index in [9.17, 15) is 10.2 Å². The minimum atomic E-state index is 0. The van der Waals surface area contributed by atoms with Gasteiger partial charge in [0.25, 0.3) is 0 Å². The van der Waals surface area contributed by atoms with Crippen molar-refractivity contribution in [3.63, 3.8) is 0 Å². The number of hydrogen-bond acceptors (Lipinski definition) is 6. The zero-order chi connectivity index (χ0) is 23.4. The molecule has 6 nitrogen and oxygen atoms in total. The van der Waals surface area contributed by atoms with Gasteiger partial charge in [0.05, 0.1) is 11.4 Å². The largest absolute Gasteiger partial charge is 0.506 e. The first-order valence-corrected chi connectivity index (χ1v) is 10.6. The number of phenols is 2. The zero-order valence-corrected chi connectivity index (χ0v) is 19.5. The van der Waals surface area contributed by atoms with Gasteiger partial charge in [-0.05, 0) is 72.0 Å². The van der Waals surface area contributed by atoms with Crippen molar-refractivity contribution < 1.29 is 19.7 Å². The molecule has 0 bridgehead atoms. The number of hydrogen-bond donors (Lipinski definition) is 4. The number of rotatable bonds is 7. The lowest BCUT2D eigenvalue weighted by Gasteiger charge is -2.14. The highest BCUT2D eigenvalue weighted by Crippen LogP contribution is 2.31. The van der Waals surface area contributed by atoms with Crippen molar-refractivity contribution in [3.05, 3.63) is 96.1 Å². The molecule has 0 aromatic heterocycles. The van der Waals surface area contributed by atoms with Gasteiger partial charge in [-0.2, -0.15) is 0 Å². The predicted octanol–water partition coefficient (Wildman–Crippen LogP) is 6.61. The van der Waals surface area contributed by atoms with Crippen LogP contribution >= 0.6 is 12.4 Å². The normalized spacial score (nSPS) is 11.3. The fraction of sp³-hybridized carbons (Fsp3) is 0.111. The van der Waals surface area contributed by atoms with Crippen LogP contribution in [0.5, 0.6) is 34.5 Å². The number of aromatic hydroxyl groups is 2. The summed E-state index contributed by atoms with van der Waals surface area (Å²) in [5, 5.41) is 19.1. The topological polar surface area (TPSA) is 111 Å². The number of anilines is 2. The second-order valence-electron chi connectivity index (χ2n) is 7.96. The van der Waals surface area contributed by atoms with Crippen LogP contribution in [0.3, 0.4) is 0 Å². The summed E-state index contributed by atoms with van der Waals surface area (Å²) in [6, 6.07) is 25.4. The average molecular weight is 479 g/mol. The number of ether oxygens (including phenoxy) is 2. The molecule has 0 aliphatic carbocycles. The number of halogens is 1. The van der Waals surface area contributed by atoms with E-state index in [2.05, 4.69) is 19.1 Å². The van der Waals surface area contributed by atoms with E-state index >= 15 is 0 Å². The minimum absolute atomic E-state index is 0. The van der Waals surface area contributed by atoms with E-state index in [1.54, 1.807) is 24.3 Å². The summed E-state index contributed by atoms with van der Waals surface area (Å²) in [6.45, 7) is 2.18. The summed E-state index contributed by atoms with van der Waals surface area (Å²) >= 11 is 0. The highest BCUT2D eigenvalue weighted by atomic mass is 35.5. The van der Waals surface area contributed by atoms with Crippen LogP contribution in [0.2, 0.25) is 0 Å². The van der Waals surface area contributed by atoms with Gasteiger partial charge in [0, 0.05) is 12.1 Å². The Balaban J connectivity index is 0.00000324. The number of benzene rings is 4. The summed E-state index contributed by atoms with van der Waals surface area (Å²) in [7, 11) is 0. The van der Waals surface area contributed by atoms with E-state index < -0.39 is 0 Å². The molecule has 4 aromatic rings. The Morgan fingerprint density at radius 1 is 0.647 bits per heavy atom. The van der Waals surface area contributed by atoms with Gasteiger partial charge in [0.15, 0.2) is 0 Å². The van der Waals surface area contributed by atoms with Crippen LogP contribution in [0, 0.1) is 0 Å². The molecule has 0 aliphatic rings. The molecule has 0 heterocycles. The van der Waals surface area contributed by atoms with Crippen molar-refractivity contribution in [2.75, 3.05) is 11.5 Å². The molecule has 4 rings (SSSR count). The van der Waals surface area contributed by atoms with Gasteiger partial charge < -0.3 is 31.2 Å². The molecular formula is C27H27ClN2O4. The highest BCUT2D eigenvalue weighted by molar-refractivity contribution is 5.85. The third-order valence-electron chi connectivity index (χ3n) is 5.38. The Hall–Kier alpha value is -4.03. The Morgan fingerprint density at radius 3 is 1.50 bits per heavy atom. The second kappa shape index (κ2) is 10.7. The van der Waals surface area contributed by atoms with Crippen LogP contribution in [0.25, 0.3) is 0 Å². The molecule has 176 valence electrons. The molecular weight excluding hydrogens is 452 g/mol. The van der Waals surface area contributed by atoms with Crippen molar-refractivity contribution in [1.82, 2.24) is 0 Å². The van der Waals surface area contributed by atoms with Crippen LogP contribution in [0.1, 0.15) is 24.0 Å². The van der Waals surface area contributed by atoms with Crippen LogP contribution in [-0.2, 0) is 6.42 Å². The third kappa shape index (κ3) is 6.05. The molecule has 0 amide bonds. The van der Waals surface area contributed by atoms with Crippen LogP contribution in [-0.4, -0.2) is 10.2 Å². The van der Waals surface area contributed by atoms with Gasteiger partial charge >= 0.3 is 0 Å². The molecule has 34 heavy (non-hydrogen) atoms. The van der Waals surface area contributed by atoms with Gasteiger partial charge in [0.1, 0.15) is 34.5 Å². The van der Waals surface area contributed by atoms with Gasteiger partial charge in [-0.3, -0.25) is 0 Å². The van der Waals surface area contributed by atoms with E-state index in [-0.39, 0.29) is 35.3 Å². The van der Waals surface area contributed by atoms with E-state index in [0.717, 1.165) is 6.42 Å². The predicted molar refractivity (Wildman–Crippen MR) is 137 cm³/mol. The highest BCUT2D eigenvalue weighted by Gasteiger charge is 2.09. The lowest BCUT2D eigenvalue weighted by atomic mass is 9.94. The standard InChI is InChI=1S/C27H26N2O4.ClH/c1-17(19-4-8-21(9-5-19)33-23-11-13-27(31)25(29)16-23)14-18-2-6-20(7-3-18)32-22-10-12-26(30)24(28)15-22;/h2-13,15-17,30-31H,14,28-29H2,1H3;1H. The SMILES string of the molecule is CC(Cc1ccc(Oc2ccc(O)c(N)c2)cc1)c1ccc(Oc2ccc(O)c(N)c2)cc1.Cl. The molecule has 0 fully saturated rings. The lowest BCUT2D eigenvalue weighted by Crippen LogP contribution is -1.98. The van der Waals surface area contributed by atoms with Crippen LogP contribution in [0.15, 0.2) is 84.9 Å². The van der Waals surface area contributed by atoms with Gasteiger partial charge in [-0.15, -0.1) is 12.4 Å². The molecule has 0 aliphatic heterocycles. The van der Waals surface area contributed by atoms with Gasteiger partial charge in [0.2, 0.25) is 0 Å². The Labute approximate surface area is 204 Å². The summed E-state index contributed by atoms with van der Waals surface area (Å²) in [4.78, 5) is 0. The van der Waals surface area contributed by atoms with E-state index in [0.29, 0.717) is 28.9 Å². The van der Waals surface area contributed by atoms with E-state index in [1.807, 2.05) is 36.4 Å². The van der Waals surface area contributed by atoms with Crippen molar-refractivity contribution in [1.29, 1.82) is 0 Å². The third-order valence-corrected chi connectivity index (χ3v) is 5.38. The molecule has 1 unspecified atom stereocenters. The van der Waals surface area contributed by atoms with Crippen molar-refractivity contribution in [2.45, 2.75) is 19.3 Å². The quantitative estimate of drug-likeness (QED) is 0.175. The average Bonchev–Trinajstić information content (AvgIpc) is 2.80. The Bertz CT molecular complexity index is 1240. The number of phenolic OH excluding ortho intramolecular Hbond substituents is 2. The summed E-state index contributed by atoms with van der Waals surface area (Å²) in [5.74, 6) is 2.94. The van der Waals surface area contributed by atoms with Gasteiger partial charge in [-0.1, -0.05) is 31.2 Å². The fourth-order valence-electron chi connectivity index (χ4n) is 3.49. The molecule has 1 atom stereocenters. The van der Waals surface area contributed by atoms with Crippen molar-refractivity contribution in [3.8, 4) is 34.5 Å². The molecule has 4 aromatic carbocycles. The van der Waals surface area contributed by atoms with Crippen LogP contribution < -0.4 is 20.9 Å². The van der Waals surface area contributed by atoms with Crippen LogP contribution in [0.4, 0.5) is 11.4 Å². The zero-order valence-electron chi connectivity index (χ0n) is 18.6. The monoisotopic (exact) mass is 478 g/mol. The Kier molecular flexibility index (Phi) is 7.76. The summed E-state index contributed by atoms with van der Waals surface area (Å²) < 4.78 is 11.6.